The van der Waals surface area contributed by atoms with E-state index < -0.39 is 210 Å². The molecule has 0 aliphatic rings. The second kappa shape index (κ2) is 57.9. The topological polar surface area (TPSA) is 572 Å². The number of hydrogen-bond donors (Lipinski definition) is 20. The zero-order valence-corrected chi connectivity index (χ0v) is 75.7. The van der Waals surface area contributed by atoms with Crippen molar-refractivity contribution in [2.24, 2.45) is 64.5 Å². The number of hydrogen-bond acceptors (Lipinski definition) is 21. The van der Waals surface area contributed by atoms with E-state index in [2.05, 4.69) is 79.8 Å². The second-order valence-corrected chi connectivity index (χ2v) is 34.9. The molecular formula is C84H148N18O18S. The van der Waals surface area contributed by atoms with Crippen LogP contribution in [-0.2, 0) is 83.1 Å². The lowest BCUT2D eigenvalue weighted by Gasteiger charge is -2.30. The summed E-state index contributed by atoms with van der Waals surface area (Å²) in [4.78, 5) is 222. The lowest BCUT2D eigenvalue weighted by Crippen LogP contribution is -2.61. The van der Waals surface area contributed by atoms with Crippen molar-refractivity contribution in [1.29, 1.82) is 0 Å². The fourth-order valence-corrected chi connectivity index (χ4v) is 13.3. The highest BCUT2D eigenvalue weighted by molar-refractivity contribution is 7.98. The first-order valence-corrected chi connectivity index (χ1v) is 44.3. The molecule has 1 aromatic carbocycles. The van der Waals surface area contributed by atoms with Crippen LogP contribution >= 0.6 is 11.8 Å². The van der Waals surface area contributed by atoms with E-state index in [4.69, 9.17) is 17.2 Å². The van der Waals surface area contributed by atoms with E-state index in [1.807, 2.05) is 34.0 Å². The quantitative estimate of drug-likeness (QED) is 0.0409. The molecule has 0 spiro atoms. The lowest BCUT2D eigenvalue weighted by molar-refractivity contribution is -0.142. The van der Waals surface area contributed by atoms with Crippen LogP contribution < -0.4 is 97.0 Å². The summed E-state index contributed by atoms with van der Waals surface area (Å²) in [5.41, 5.74) is 18.3. The maximum absolute atomic E-state index is 14.7. The molecule has 17 atom stereocenters. The van der Waals surface area contributed by atoms with E-state index in [1.54, 1.807) is 95.2 Å². The molecule has 0 unspecified atom stereocenters. The molecule has 688 valence electrons. The van der Waals surface area contributed by atoms with Gasteiger partial charge in [0, 0.05) is 6.42 Å². The van der Waals surface area contributed by atoms with E-state index >= 15 is 0 Å². The summed E-state index contributed by atoms with van der Waals surface area (Å²) in [5.74, 6) is -14.5. The molecule has 0 fully saturated rings. The molecule has 121 heavy (non-hydrogen) atoms. The molecule has 36 nitrogen and oxygen atoms in total. The van der Waals surface area contributed by atoms with Crippen molar-refractivity contribution in [2.75, 3.05) is 38.2 Å². The predicted octanol–water partition coefficient (Wildman–Crippen LogP) is 1.30. The Kier molecular flexibility index (Phi) is 52.6. The van der Waals surface area contributed by atoms with Crippen LogP contribution in [0.2, 0.25) is 0 Å². The number of nitrogens with two attached hydrogens (primary N) is 3. The first kappa shape index (κ1) is 110. The van der Waals surface area contributed by atoms with Gasteiger partial charge in [0.1, 0.15) is 84.3 Å². The third kappa shape index (κ3) is 42.9. The zero-order valence-electron chi connectivity index (χ0n) is 74.9. The largest absolute Gasteiger partial charge is 0.508 e. The van der Waals surface area contributed by atoms with Crippen LogP contribution in [0, 0.1) is 47.3 Å². The second-order valence-electron chi connectivity index (χ2n) is 33.9. The number of aliphatic carboxylic acids is 1. The van der Waals surface area contributed by atoms with Gasteiger partial charge in [-0.2, -0.15) is 11.8 Å². The van der Waals surface area contributed by atoms with Gasteiger partial charge in [-0.15, -0.1) is 0 Å². The zero-order chi connectivity index (χ0) is 92.1. The first-order valence-electron chi connectivity index (χ1n) is 42.9. The number of rotatable bonds is 60. The summed E-state index contributed by atoms with van der Waals surface area (Å²) in [6.07, 6.45) is 5.71. The van der Waals surface area contributed by atoms with Gasteiger partial charge in [0.05, 0.1) is 19.1 Å². The van der Waals surface area contributed by atoms with Crippen LogP contribution in [0.4, 0.5) is 0 Å². The Balaban J connectivity index is 3.43. The summed E-state index contributed by atoms with van der Waals surface area (Å²) < 4.78 is 0. The molecule has 0 aromatic heterocycles. The van der Waals surface area contributed by atoms with Crippen molar-refractivity contribution in [3.05, 3.63) is 29.8 Å². The maximum atomic E-state index is 14.7. The monoisotopic (exact) mass is 1730 g/mol. The minimum absolute atomic E-state index is 0.0406. The number of phenolic OH excluding ortho intramolecular Hbond substituents is 1. The fraction of sp³-hybridized carbons (Fsp3) is 0.738. The van der Waals surface area contributed by atoms with Gasteiger partial charge in [-0.25, -0.2) is 0 Å². The lowest BCUT2D eigenvalue weighted by atomic mass is 9.95. The van der Waals surface area contributed by atoms with Crippen molar-refractivity contribution in [1.82, 2.24) is 79.8 Å². The van der Waals surface area contributed by atoms with Gasteiger partial charge < -0.3 is 107 Å². The van der Waals surface area contributed by atoms with Crippen LogP contribution in [0.15, 0.2) is 24.3 Å². The number of carbonyl (C=O) groups is 16. The van der Waals surface area contributed by atoms with Crippen LogP contribution in [-0.4, -0.2) is 228 Å². The number of benzene rings is 1. The SMILES string of the molecule is CC[C@H](C)[C@H](NC(=O)CNC(=O)[C@H](CC(C)C)NC(=O)[C@H](CC(C)C)NC(=O)[C@H](Cc1ccc(O)cc1)NC(=O)[C@H](CCCCN)NC(=O)[C@H](CCCCN)NC(=O)[C@@H](N)CCSC)C(=O)NCC(=O)N[C@@H](CC(C)C)C(=O)N[C@H](C(=O)N[C@@H](CC(C)C)C(=O)N[C@@H](C)C(=O)N[C@@H](CC(C)C)C(=O)N[C@H](C(=O)N[C@@H](C)C(=O)O)[C@@H](C)CC)[C@@H](C)CC. The van der Waals surface area contributed by atoms with Gasteiger partial charge >= 0.3 is 5.97 Å². The summed E-state index contributed by atoms with van der Waals surface area (Å²) in [6.45, 7) is 30.4. The van der Waals surface area contributed by atoms with Gasteiger partial charge in [-0.3, -0.25) is 76.7 Å². The van der Waals surface area contributed by atoms with Crippen LogP contribution in [0.25, 0.3) is 0 Å². The Bertz CT molecular complexity index is 3480. The molecule has 0 heterocycles. The summed E-state index contributed by atoms with van der Waals surface area (Å²) in [5, 5.41) is 59.7. The average molecular weight is 1730 g/mol. The summed E-state index contributed by atoms with van der Waals surface area (Å²) in [6, 6.07) is -11.2. The molecule has 0 aliphatic carbocycles. The molecular weight excluding hydrogens is 1580 g/mol. The molecule has 0 bridgehead atoms. The predicted molar refractivity (Wildman–Crippen MR) is 464 cm³/mol. The fourth-order valence-electron chi connectivity index (χ4n) is 12.8. The first-order chi connectivity index (χ1) is 56.8. The number of carbonyl (C=O) groups excluding carboxylic acids is 15. The highest BCUT2D eigenvalue weighted by atomic mass is 32.2. The Morgan fingerprint density at radius 3 is 1.07 bits per heavy atom. The van der Waals surface area contributed by atoms with Gasteiger partial charge in [-0.1, -0.05) is 142 Å². The van der Waals surface area contributed by atoms with E-state index in [1.165, 1.54) is 37.7 Å². The summed E-state index contributed by atoms with van der Waals surface area (Å²) in [7, 11) is 0. The number of phenols is 1. The van der Waals surface area contributed by atoms with Crippen molar-refractivity contribution < 1.29 is 86.9 Å². The smallest absolute Gasteiger partial charge is 0.325 e. The average Bonchev–Trinajstić information content (AvgIpc) is 0.839. The molecule has 1 aromatic rings. The minimum Gasteiger partial charge on any atom is -0.508 e. The van der Waals surface area contributed by atoms with Gasteiger partial charge in [0.15, 0.2) is 0 Å². The molecule has 0 radical (unpaired) electrons. The third-order valence-electron chi connectivity index (χ3n) is 20.6. The Hall–Kier alpha value is -9.23. The van der Waals surface area contributed by atoms with E-state index in [9.17, 15) is 86.9 Å². The number of amides is 15. The van der Waals surface area contributed by atoms with E-state index in [0.717, 1.165) is 0 Å². The summed E-state index contributed by atoms with van der Waals surface area (Å²) >= 11 is 1.51. The Morgan fingerprint density at radius 2 is 0.661 bits per heavy atom. The van der Waals surface area contributed by atoms with Crippen LogP contribution in [0.1, 0.15) is 227 Å². The number of thioether (sulfide) groups is 1. The number of nitrogens with one attached hydrogen (secondary N) is 15. The van der Waals surface area contributed by atoms with Crippen molar-refractivity contribution in [2.45, 2.75) is 312 Å². The number of aromatic hydroxyl groups is 1. The van der Waals surface area contributed by atoms with Crippen molar-refractivity contribution >= 4 is 106 Å². The molecule has 0 saturated carbocycles. The molecule has 15 amide bonds. The normalized spacial score (nSPS) is 15.7. The standard InChI is InChI=1S/C84H148N18O18S/c1-20-50(14)68(81(116)89-43-66(104)92-61(38-46(6)7)79(114)102-70(52(16)22-3)83(118)99-62(39-47(8)9)76(111)90-53(17)71(106)95-64(41-49(12)13)80(115)101-69(51(15)21-2)82(117)91-54(18)84(119)120)100-67(105)44-88-73(108)60(37-45(4)5)96-77(112)63(40-48(10)11)97-78(113)65(42-55-29-31-56(103)32-30-55)98-75(110)59(28-24-26-35-86)94-74(109)58(27-23-25-34-85)93-72(107)57(87)33-36-121-19/h29-32,45-54,57-65,68-70,103H,20-28,33-44,85-87H2,1-19H3,(H,88,108)(H,89,116)(H,90,111)(H,91,117)(H,92,104)(H,93,107)(H,94,109)(H,95,106)(H,96,112)(H,97,113)(H,98,110)(H,99,118)(H,100,105)(H,101,115)(H,102,114)(H,119,120)/t50-,51-,52-,53-,54-,57-,58-,59-,60-,61-,62-,63-,64-,65-,68-,69-,70-/m0/s1. The molecule has 0 saturated heterocycles. The Morgan fingerprint density at radius 1 is 0.347 bits per heavy atom. The van der Waals surface area contributed by atoms with Crippen LogP contribution in [0.3, 0.4) is 0 Å². The Labute approximate surface area is 719 Å². The number of carboxylic acids is 1. The van der Waals surface area contributed by atoms with Crippen molar-refractivity contribution in [3.63, 3.8) is 0 Å². The highest BCUT2D eigenvalue weighted by Crippen LogP contribution is 2.19. The van der Waals surface area contributed by atoms with Gasteiger partial charge in [0.25, 0.3) is 0 Å². The van der Waals surface area contributed by atoms with E-state index in [-0.39, 0.29) is 93.3 Å². The molecule has 0 aliphatic heterocycles. The third-order valence-corrected chi connectivity index (χ3v) is 21.2. The van der Waals surface area contributed by atoms with Crippen molar-refractivity contribution in [3.8, 4) is 5.75 Å². The minimum atomic E-state index is -1.40. The number of carboxylic acid groups (broad SMARTS) is 1. The van der Waals surface area contributed by atoms with Crippen LogP contribution in [0.5, 0.6) is 5.75 Å². The molecule has 23 N–H and O–H groups in total. The maximum Gasteiger partial charge on any atom is 0.325 e. The van der Waals surface area contributed by atoms with Gasteiger partial charge in [-0.05, 0) is 181 Å². The molecule has 1 rings (SSSR count). The molecule has 37 heteroatoms. The highest BCUT2D eigenvalue weighted by Gasteiger charge is 2.39. The number of unbranched alkanes of at least 4 members (excludes halogenated alkanes) is 2. The van der Waals surface area contributed by atoms with E-state index in [0.29, 0.717) is 69.2 Å². The van der Waals surface area contributed by atoms with Gasteiger partial charge in [0.2, 0.25) is 88.6 Å².